The zero-order valence-corrected chi connectivity index (χ0v) is 13.5. The normalized spacial score (nSPS) is 18.9. The minimum absolute atomic E-state index is 0.423. The van der Waals surface area contributed by atoms with Gasteiger partial charge in [0.1, 0.15) is 0 Å². The van der Waals surface area contributed by atoms with Gasteiger partial charge in [-0.25, -0.2) is 0 Å². The van der Waals surface area contributed by atoms with Crippen LogP contribution in [0.1, 0.15) is 5.56 Å². The molecule has 23 heavy (non-hydrogen) atoms. The van der Waals surface area contributed by atoms with Crippen molar-refractivity contribution in [1.82, 2.24) is 14.4 Å². The number of rotatable bonds is 5. The molecule has 1 aromatic carbocycles. The zero-order valence-electron chi connectivity index (χ0n) is 13.5. The maximum atomic E-state index is 10.5. The van der Waals surface area contributed by atoms with Crippen LogP contribution in [-0.4, -0.2) is 76.8 Å². The summed E-state index contributed by atoms with van der Waals surface area (Å²) in [4.78, 5) is 4.62. The Morgan fingerprint density at radius 3 is 2.65 bits per heavy atom. The van der Waals surface area contributed by atoms with Crippen molar-refractivity contribution in [2.45, 2.75) is 12.6 Å². The molecule has 124 valence electrons. The van der Waals surface area contributed by atoms with E-state index in [0.717, 1.165) is 42.6 Å². The number of nitrogens with zero attached hydrogens (tertiary/aromatic N) is 4. The molecule has 2 heterocycles. The van der Waals surface area contributed by atoms with Crippen molar-refractivity contribution < 1.29 is 10.3 Å². The first-order chi connectivity index (χ1) is 11.2. The second kappa shape index (κ2) is 7.12. The molecule has 1 atom stereocenters. The third-order valence-electron chi connectivity index (χ3n) is 4.49. The summed E-state index contributed by atoms with van der Waals surface area (Å²) in [6, 6.07) is 7.95. The van der Waals surface area contributed by atoms with Crippen LogP contribution in [0.3, 0.4) is 0 Å². The predicted octanol–water partition coefficient (Wildman–Crippen LogP) is 1.06. The standard InChI is InChI=1S/C17H24N4O2/c1-19-6-8-20(9-7-19)12-15(22)13-21-11-14(10-18-23)16-4-2-3-5-17(16)21/h2-5,10-11,15,22-23H,6-9,12-13H2,1H3/b18-10+. The SMILES string of the molecule is CN1CCN(CC(O)Cn2cc(/C=N/O)c3ccccc32)CC1. The quantitative estimate of drug-likeness (QED) is 0.492. The molecule has 6 heteroatoms. The van der Waals surface area contributed by atoms with Gasteiger partial charge in [-0.05, 0) is 13.1 Å². The highest BCUT2D eigenvalue weighted by atomic mass is 16.4. The summed E-state index contributed by atoms with van der Waals surface area (Å²) in [7, 11) is 2.13. The number of hydrogen-bond donors (Lipinski definition) is 2. The fraction of sp³-hybridized carbons (Fsp3) is 0.471. The lowest BCUT2D eigenvalue weighted by Gasteiger charge is -2.33. The first kappa shape index (κ1) is 16.0. The number of likely N-dealkylation sites (N-methyl/N-ethyl adjacent to an activating group) is 1. The van der Waals surface area contributed by atoms with Crippen molar-refractivity contribution in [2.75, 3.05) is 39.8 Å². The molecule has 3 rings (SSSR count). The van der Waals surface area contributed by atoms with Crippen LogP contribution < -0.4 is 0 Å². The van der Waals surface area contributed by atoms with Crippen LogP contribution in [0.4, 0.5) is 0 Å². The maximum absolute atomic E-state index is 10.5. The smallest absolute Gasteiger partial charge is 0.0845 e. The summed E-state index contributed by atoms with van der Waals surface area (Å²) in [6.45, 7) is 5.33. The van der Waals surface area contributed by atoms with Crippen molar-refractivity contribution in [3.63, 3.8) is 0 Å². The summed E-state index contributed by atoms with van der Waals surface area (Å²) in [6.07, 6.45) is 2.94. The van der Waals surface area contributed by atoms with Gasteiger partial charge in [0.25, 0.3) is 0 Å². The van der Waals surface area contributed by atoms with Gasteiger partial charge in [-0.1, -0.05) is 23.4 Å². The third kappa shape index (κ3) is 3.72. The highest BCUT2D eigenvalue weighted by Crippen LogP contribution is 2.20. The molecule has 0 aliphatic carbocycles. The van der Waals surface area contributed by atoms with Crippen LogP contribution in [0.15, 0.2) is 35.6 Å². The molecule has 1 unspecified atom stereocenters. The van der Waals surface area contributed by atoms with E-state index < -0.39 is 6.10 Å². The number of hydrogen-bond acceptors (Lipinski definition) is 5. The van der Waals surface area contributed by atoms with Gasteiger partial charge in [0.15, 0.2) is 0 Å². The van der Waals surface area contributed by atoms with Crippen LogP contribution in [0.5, 0.6) is 0 Å². The highest BCUT2D eigenvalue weighted by molar-refractivity contribution is 5.99. The highest BCUT2D eigenvalue weighted by Gasteiger charge is 2.18. The van der Waals surface area contributed by atoms with Gasteiger partial charge in [0.2, 0.25) is 0 Å². The van der Waals surface area contributed by atoms with E-state index in [-0.39, 0.29) is 0 Å². The van der Waals surface area contributed by atoms with Crippen LogP contribution in [-0.2, 0) is 6.54 Å². The molecular formula is C17H24N4O2. The lowest BCUT2D eigenvalue weighted by Crippen LogP contribution is -2.47. The topological polar surface area (TPSA) is 64.2 Å². The Balaban J connectivity index is 1.71. The van der Waals surface area contributed by atoms with Gasteiger partial charge in [0.05, 0.1) is 12.3 Å². The summed E-state index contributed by atoms with van der Waals surface area (Å²) in [5.41, 5.74) is 1.90. The maximum Gasteiger partial charge on any atom is 0.0845 e. The van der Waals surface area contributed by atoms with Gasteiger partial charge < -0.3 is 19.8 Å². The van der Waals surface area contributed by atoms with E-state index in [1.165, 1.54) is 6.21 Å². The number of aliphatic hydroxyl groups excluding tert-OH is 1. The lowest BCUT2D eigenvalue weighted by molar-refractivity contribution is 0.0717. The zero-order chi connectivity index (χ0) is 16.2. The molecule has 1 saturated heterocycles. The number of aromatic nitrogens is 1. The van der Waals surface area contributed by atoms with Gasteiger partial charge in [-0.15, -0.1) is 0 Å². The Kier molecular flexibility index (Phi) is 4.95. The monoisotopic (exact) mass is 316 g/mol. The van der Waals surface area contributed by atoms with Crippen molar-refractivity contribution in [2.24, 2.45) is 5.16 Å². The fourth-order valence-corrected chi connectivity index (χ4v) is 3.20. The van der Waals surface area contributed by atoms with Crippen LogP contribution in [0.25, 0.3) is 10.9 Å². The van der Waals surface area contributed by atoms with Crippen molar-refractivity contribution in [3.8, 4) is 0 Å². The molecule has 0 spiro atoms. The van der Waals surface area contributed by atoms with Gasteiger partial charge >= 0.3 is 0 Å². The van der Waals surface area contributed by atoms with Crippen molar-refractivity contribution in [3.05, 3.63) is 36.0 Å². The van der Waals surface area contributed by atoms with Crippen LogP contribution >= 0.6 is 0 Å². The van der Waals surface area contributed by atoms with E-state index in [4.69, 9.17) is 5.21 Å². The number of aliphatic hydroxyl groups is 1. The van der Waals surface area contributed by atoms with Crippen LogP contribution in [0, 0.1) is 0 Å². The average Bonchev–Trinajstić information content (AvgIpc) is 2.88. The average molecular weight is 316 g/mol. The number of fused-ring (bicyclic) bond motifs is 1. The Morgan fingerprint density at radius 2 is 1.91 bits per heavy atom. The molecular weight excluding hydrogens is 292 g/mol. The minimum atomic E-state index is -0.423. The Morgan fingerprint density at radius 1 is 1.17 bits per heavy atom. The van der Waals surface area contributed by atoms with E-state index in [1.54, 1.807) is 0 Å². The van der Waals surface area contributed by atoms with Gasteiger partial charge in [-0.2, -0.15) is 0 Å². The molecule has 1 fully saturated rings. The summed E-state index contributed by atoms with van der Waals surface area (Å²) in [5.74, 6) is 0. The van der Waals surface area contributed by atoms with E-state index >= 15 is 0 Å². The number of benzene rings is 1. The van der Waals surface area contributed by atoms with E-state index in [1.807, 2.05) is 35.0 Å². The molecule has 1 aliphatic rings. The minimum Gasteiger partial charge on any atom is -0.411 e. The summed E-state index contributed by atoms with van der Waals surface area (Å²) >= 11 is 0. The Bertz CT molecular complexity index is 674. The molecule has 6 nitrogen and oxygen atoms in total. The molecule has 0 amide bonds. The summed E-state index contributed by atoms with van der Waals surface area (Å²) in [5, 5.41) is 23.4. The molecule has 0 radical (unpaired) electrons. The van der Waals surface area contributed by atoms with E-state index in [2.05, 4.69) is 22.0 Å². The number of para-hydroxylation sites is 1. The fourth-order valence-electron chi connectivity index (χ4n) is 3.20. The Hall–Kier alpha value is -1.89. The van der Waals surface area contributed by atoms with Crippen molar-refractivity contribution >= 4 is 17.1 Å². The molecule has 2 N–H and O–H groups in total. The number of piperazine rings is 1. The first-order valence-corrected chi connectivity index (χ1v) is 8.01. The third-order valence-corrected chi connectivity index (χ3v) is 4.49. The van der Waals surface area contributed by atoms with Gasteiger partial charge in [0, 0.05) is 61.9 Å². The summed E-state index contributed by atoms with van der Waals surface area (Å²) < 4.78 is 2.03. The molecule has 1 aromatic heterocycles. The number of oxime groups is 1. The number of β-amino-alcohol motifs (C(OH)–C–C–N with tert-alkyl or cyclic N) is 1. The predicted molar refractivity (Wildman–Crippen MR) is 91.3 cm³/mol. The largest absolute Gasteiger partial charge is 0.411 e. The van der Waals surface area contributed by atoms with E-state index in [9.17, 15) is 5.11 Å². The molecule has 1 aliphatic heterocycles. The van der Waals surface area contributed by atoms with Crippen LogP contribution in [0.2, 0.25) is 0 Å². The molecule has 0 bridgehead atoms. The second-order valence-electron chi connectivity index (χ2n) is 6.26. The van der Waals surface area contributed by atoms with Gasteiger partial charge in [-0.3, -0.25) is 4.90 Å². The molecule has 2 aromatic rings. The van der Waals surface area contributed by atoms with E-state index in [0.29, 0.717) is 13.1 Å². The lowest BCUT2D eigenvalue weighted by atomic mass is 10.2. The second-order valence-corrected chi connectivity index (χ2v) is 6.26. The Labute approximate surface area is 136 Å². The van der Waals surface area contributed by atoms with Crippen molar-refractivity contribution in [1.29, 1.82) is 0 Å². The molecule has 0 saturated carbocycles. The first-order valence-electron chi connectivity index (χ1n) is 8.01.